The summed E-state index contributed by atoms with van der Waals surface area (Å²) in [6.45, 7) is 1.60. The van der Waals surface area contributed by atoms with Gasteiger partial charge in [0.2, 0.25) is 10.0 Å². The third kappa shape index (κ3) is 3.69. The monoisotopic (exact) mass is 369 g/mol. The molecule has 0 spiro atoms. The Morgan fingerprint density at radius 3 is 2.28 bits per heavy atom. The summed E-state index contributed by atoms with van der Waals surface area (Å²) in [6, 6.07) is 11.6. The van der Waals surface area contributed by atoms with Crippen molar-refractivity contribution < 1.29 is 26.0 Å². The highest BCUT2D eigenvalue weighted by atomic mass is 32.2. The van der Waals surface area contributed by atoms with Gasteiger partial charge in [-0.15, -0.1) is 0 Å². The number of fused-ring (bicyclic) bond motifs is 1. The summed E-state index contributed by atoms with van der Waals surface area (Å²) in [6.07, 6.45) is -4.52. The van der Waals surface area contributed by atoms with E-state index in [4.69, 9.17) is 4.42 Å². The highest BCUT2D eigenvalue weighted by Crippen LogP contribution is 2.30. The molecule has 2 aromatic carbocycles. The first-order valence-electron chi connectivity index (χ1n) is 7.35. The third-order valence-corrected chi connectivity index (χ3v) is 5.25. The second-order valence-corrected chi connectivity index (χ2v) is 7.27. The van der Waals surface area contributed by atoms with Crippen LogP contribution in [0, 0.1) is 0 Å². The number of halogens is 3. The van der Waals surface area contributed by atoms with Gasteiger partial charge >= 0.3 is 6.18 Å². The Labute approximate surface area is 142 Å². The molecular weight excluding hydrogens is 355 g/mol. The number of para-hydroxylation sites is 1. The maximum Gasteiger partial charge on any atom is 0.416 e. The second-order valence-electron chi connectivity index (χ2n) is 5.55. The number of benzene rings is 2. The molecular formula is C17H14F3NO3S. The Morgan fingerprint density at radius 2 is 1.68 bits per heavy atom. The van der Waals surface area contributed by atoms with Crippen LogP contribution < -0.4 is 4.72 Å². The Bertz CT molecular complexity index is 959. The van der Waals surface area contributed by atoms with E-state index in [2.05, 4.69) is 4.72 Å². The van der Waals surface area contributed by atoms with Crippen LogP contribution in [0.4, 0.5) is 13.2 Å². The predicted octanol–water partition coefficient (Wildman–Crippen LogP) is 4.49. The molecule has 0 saturated carbocycles. The van der Waals surface area contributed by atoms with Gasteiger partial charge < -0.3 is 4.42 Å². The second kappa shape index (κ2) is 6.20. The molecule has 1 atom stereocenters. The normalized spacial score (nSPS) is 13.9. The number of furan rings is 1. The minimum Gasteiger partial charge on any atom is -0.459 e. The summed E-state index contributed by atoms with van der Waals surface area (Å²) in [5.74, 6) is 0.414. The minimum atomic E-state index is -4.52. The lowest BCUT2D eigenvalue weighted by Crippen LogP contribution is -2.26. The lowest BCUT2D eigenvalue weighted by atomic mass is 10.2. The van der Waals surface area contributed by atoms with Gasteiger partial charge in [-0.1, -0.05) is 18.2 Å². The molecule has 132 valence electrons. The van der Waals surface area contributed by atoms with Crippen LogP contribution in [-0.4, -0.2) is 8.42 Å². The maximum absolute atomic E-state index is 12.6. The fraction of sp³-hybridized carbons (Fsp3) is 0.176. The zero-order valence-corrected chi connectivity index (χ0v) is 13.9. The summed E-state index contributed by atoms with van der Waals surface area (Å²) in [7, 11) is -3.98. The van der Waals surface area contributed by atoms with Crippen molar-refractivity contribution in [3.05, 3.63) is 65.9 Å². The Balaban J connectivity index is 1.82. The van der Waals surface area contributed by atoms with Crippen molar-refractivity contribution in [2.45, 2.75) is 24.0 Å². The highest BCUT2D eigenvalue weighted by molar-refractivity contribution is 7.89. The molecule has 0 aliphatic rings. The molecule has 0 saturated heterocycles. The maximum atomic E-state index is 12.6. The van der Waals surface area contributed by atoms with Crippen LogP contribution in [0.3, 0.4) is 0 Å². The van der Waals surface area contributed by atoms with Crippen molar-refractivity contribution in [2.75, 3.05) is 0 Å². The molecule has 25 heavy (non-hydrogen) atoms. The molecule has 0 amide bonds. The summed E-state index contributed by atoms with van der Waals surface area (Å²) >= 11 is 0. The SMILES string of the molecule is C[C@@H](NS(=O)(=O)c1ccc(C(F)(F)F)cc1)c1cc2ccccc2o1. The molecule has 3 aromatic rings. The molecule has 0 radical (unpaired) electrons. The van der Waals surface area contributed by atoms with E-state index in [9.17, 15) is 21.6 Å². The smallest absolute Gasteiger partial charge is 0.416 e. The van der Waals surface area contributed by atoms with Gasteiger partial charge in [-0.05, 0) is 43.3 Å². The number of hydrogen-bond acceptors (Lipinski definition) is 3. The molecule has 8 heteroatoms. The first kappa shape index (κ1) is 17.5. The number of rotatable bonds is 4. The fourth-order valence-electron chi connectivity index (χ4n) is 2.40. The van der Waals surface area contributed by atoms with E-state index in [1.165, 1.54) is 0 Å². The molecule has 1 aromatic heterocycles. The van der Waals surface area contributed by atoms with E-state index in [0.29, 0.717) is 11.3 Å². The van der Waals surface area contributed by atoms with Crippen molar-refractivity contribution in [2.24, 2.45) is 0 Å². The van der Waals surface area contributed by atoms with Gasteiger partial charge in [0.15, 0.2) is 0 Å². The van der Waals surface area contributed by atoms with Crippen LogP contribution in [0.25, 0.3) is 11.0 Å². The van der Waals surface area contributed by atoms with E-state index < -0.39 is 27.8 Å². The van der Waals surface area contributed by atoms with E-state index >= 15 is 0 Å². The Hall–Kier alpha value is -2.32. The summed E-state index contributed by atoms with van der Waals surface area (Å²) in [4.78, 5) is -0.247. The largest absolute Gasteiger partial charge is 0.459 e. The first-order chi connectivity index (χ1) is 11.7. The van der Waals surface area contributed by atoms with Crippen LogP contribution in [0.15, 0.2) is 63.9 Å². The number of hydrogen-bond donors (Lipinski definition) is 1. The Morgan fingerprint density at radius 1 is 1.04 bits per heavy atom. The molecule has 1 heterocycles. The molecule has 0 fully saturated rings. The van der Waals surface area contributed by atoms with Crippen LogP contribution in [0.1, 0.15) is 24.3 Å². The first-order valence-corrected chi connectivity index (χ1v) is 8.83. The molecule has 0 aliphatic carbocycles. The highest BCUT2D eigenvalue weighted by Gasteiger charge is 2.31. The van der Waals surface area contributed by atoms with E-state index in [1.807, 2.05) is 12.1 Å². The van der Waals surface area contributed by atoms with Crippen LogP contribution in [0.5, 0.6) is 0 Å². The molecule has 0 bridgehead atoms. The number of nitrogens with one attached hydrogen (secondary N) is 1. The van der Waals surface area contributed by atoms with Crippen LogP contribution >= 0.6 is 0 Å². The van der Waals surface area contributed by atoms with Gasteiger partial charge in [0, 0.05) is 5.39 Å². The predicted molar refractivity (Wildman–Crippen MR) is 86.4 cm³/mol. The third-order valence-electron chi connectivity index (χ3n) is 3.70. The zero-order valence-electron chi connectivity index (χ0n) is 13.0. The van der Waals surface area contributed by atoms with E-state index in [1.54, 1.807) is 25.1 Å². The average Bonchev–Trinajstić information content (AvgIpc) is 2.98. The van der Waals surface area contributed by atoms with Gasteiger partial charge in [0.25, 0.3) is 0 Å². The van der Waals surface area contributed by atoms with E-state index in [0.717, 1.165) is 29.7 Å². The molecule has 0 aliphatic heterocycles. The number of alkyl halides is 3. The summed E-state index contributed by atoms with van der Waals surface area (Å²) < 4.78 is 70.4. The fourth-order valence-corrected chi connectivity index (χ4v) is 3.61. The topological polar surface area (TPSA) is 59.3 Å². The van der Waals surface area contributed by atoms with Crippen molar-refractivity contribution in [3.8, 4) is 0 Å². The molecule has 4 nitrogen and oxygen atoms in total. The Kier molecular flexibility index (Phi) is 4.34. The lowest BCUT2D eigenvalue weighted by Gasteiger charge is -2.13. The summed E-state index contributed by atoms with van der Waals surface area (Å²) in [5, 5.41) is 0.832. The standard InChI is InChI=1S/C17H14F3NO3S/c1-11(16-10-12-4-2-3-5-15(12)24-16)21-25(22,23)14-8-6-13(7-9-14)17(18,19)20/h2-11,21H,1H3/t11-/m1/s1. The molecule has 1 N–H and O–H groups in total. The van der Waals surface area contributed by atoms with E-state index in [-0.39, 0.29) is 4.90 Å². The molecule has 0 unspecified atom stereocenters. The van der Waals surface area contributed by atoms with Gasteiger partial charge in [0.05, 0.1) is 16.5 Å². The average molecular weight is 369 g/mol. The van der Waals surface area contributed by atoms with Crippen LogP contribution in [0.2, 0.25) is 0 Å². The van der Waals surface area contributed by atoms with Gasteiger partial charge in [-0.25, -0.2) is 13.1 Å². The van der Waals surface area contributed by atoms with Gasteiger partial charge in [-0.3, -0.25) is 0 Å². The van der Waals surface area contributed by atoms with Crippen molar-refractivity contribution in [1.82, 2.24) is 4.72 Å². The lowest BCUT2D eigenvalue weighted by molar-refractivity contribution is -0.137. The van der Waals surface area contributed by atoms with Crippen molar-refractivity contribution in [1.29, 1.82) is 0 Å². The van der Waals surface area contributed by atoms with Gasteiger partial charge in [0.1, 0.15) is 11.3 Å². The zero-order chi connectivity index (χ0) is 18.2. The quantitative estimate of drug-likeness (QED) is 0.737. The summed E-state index contributed by atoms with van der Waals surface area (Å²) in [5.41, 5.74) is -0.283. The van der Waals surface area contributed by atoms with Crippen LogP contribution in [-0.2, 0) is 16.2 Å². The molecule has 3 rings (SSSR count). The van der Waals surface area contributed by atoms with Crippen molar-refractivity contribution >= 4 is 21.0 Å². The minimum absolute atomic E-state index is 0.247. The van der Waals surface area contributed by atoms with Gasteiger partial charge in [-0.2, -0.15) is 13.2 Å². The van der Waals surface area contributed by atoms with Crippen molar-refractivity contribution in [3.63, 3.8) is 0 Å². The number of sulfonamides is 1.